The zero-order valence-electron chi connectivity index (χ0n) is 12.7. The highest BCUT2D eigenvalue weighted by Gasteiger charge is 2.41. The van der Waals surface area contributed by atoms with Gasteiger partial charge in [-0.15, -0.1) is 0 Å². The number of H-pyrrole nitrogens is 1. The van der Waals surface area contributed by atoms with E-state index in [2.05, 4.69) is 10.3 Å². The second-order valence-electron chi connectivity index (χ2n) is 6.71. The molecule has 4 rings (SSSR count). The summed E-state index contributed by atoms with van der Waals surface area (Å²) in [5.41, 5.74) is 1.75. The summed E-state index contributed by atoms with van der Waals surface area (Å²) in [6.07, 6.45) is 8.97. The van der Waals surface area contributed by atoms with Gasteiger partial charge in [-0.3, -0.25) is 4.79 Å². The van der Waals surface area contributed by atoms with Gasteiger partial charge in [0.1, 0.15) is 0 Å². The Bertz CT molecular complexity index is 685. The Balaban J connectivity index is 1.43. The van der Waals surface area contributed by atoms with Crippen molar-refractivity contribution in [1.29, 1.82) is 0 Å². The first-order valence-corrected chi connectivity index (χ1v) is 8.26. The fraction of sp³-hybridized carbons (Fsp3) is 0.500. The number of amides is 1. The maximum Gasteiger partial charge on any atom is 0.251 e. The van der Waals surface area contributed by atoms with Crippen LogP contribution < -0.4 is 5.32 Å². The van der Waals surface area contributed by atoms with Crippen molar-refractivity contribution < 1.29 is 9.53 Å². The van der Waals surface area contributed by atoms with Gasteiger partial charge in [-0.25, -0.2) is 0 Å². The van der Waals surface area contributed by atoms with Crippen LogP contribution in [0.5, 0.6) is 0 Å². The van der Waals surface area contributed by atoms with Crippen molar-refractivity contribution in [1.82, 2.24) is 10.3 Å². The Morgan fingerprint density at radius 1 is 1.23 bits per heavy atom. The molecule has 0 unspecified atom stereocenters. The number of hydrogen-bond donors (Lipinski definition) is 2. The van der Waals surface area contributed by atoms with E-state index in [-0.39, 0.29) is 17.6 Å². The quantitative estimate of drug-likeness (QED) is 0.893. The zero-order valence-corrected chi connectivity index (χ0v) is 12.7. The number of nitrogens with one attached hydrogen (secondary N) is 2. The van der Waals surface area contributed by atoms with E-state index >= 15 is 0 Å². The zero-order chi connectivity index (χ0) is 15.0. The molecule has 2 aliphatic rings. The standard InChI is InChI=1S/C18H22N2O2/c21-17(14-5-4-13-6-9-19-16(13)10-14)20-15-11-18(22-12-15)7-2-1-3-8-18/h4-6,9-10,15,19H,1-3,7-8,11-12H2,(H,20,21)/t15-/m1/s1. The van der Waals surface area contributed by atoms with Gasteiger partial charge in [0, 0.05) is 17.3 Å². The van der Waals surface area contributed by atoms with Crippen molar-refractivity contribution in [3.05, 3.63) is 36.0 Å². The molecule has 0 radical (unpaired) electrons. The predicted octanol–water partition coefficient (Wildman–Crippen LogP) is 3.39. The lowest BCUT2D eigenvalue weighted by molar-refractivity contribution is -0.0246. The Kier molecular flexibility index (Phi) is 3.41. The molecule has 1 atom stereocenters. The molecule has 2 N–H and O–H groups in total. The van der Waals surface area contributed by atoms with Crippen LogP contribution in [0.2, 0.25) is 0 Å². The second-order valence-corrected chi connectivity index (χ2v) is 6.71. The number of aromatic amines is 1. The van der Waals surface area contributed by atoms with E-state index in [1.54, 1.807) is 0 Å². The third-order valence-corrected chi connectivity index (χ3v) is 5.13. The van der Waals surface area contributed by atoms with Gasteiger partial charge in [0.25, 0.3) is 5.91 Å². The molecule has 1 aromatic heterocycles. The first kappa shape index (κ1) is 13.8. The first-order valence-electron chi connectivity index (χ1n) is 8.26. The molecule has 1 saturated heterocycles. The van der Waals surface area contributed by atoms with E-state index in [9.17, 15) is 4.79 Å². The van der Waals surface area contributed by atoms with Crippen molar-refractivity contribution in [2.75, 3.05) is 6.61 Å². The number of carbonyl (C=O) groups is 1. The van der Waals surface area contributed by atoms with Crippen LogP contribution >= 0.6 is 0 Å². The lowest BCUT2D eigenvalue weighted by Crippen LogP contribution is -2.37. The number of ether oxygens (including phenoxy) is 1. The normalized spacial score (nSPS) is 23.9. The first-order chi connectivity index (χ1) is 10.7. The molecular formula is C18H22N2O2. The van der Waals surface area contributed by atoms with Gasteiger partial charge in [-0.05, 0) is 42.8 Å². The number of hydrogen-bond acceptors (Lipinski definition) is 2. The summed E-state index contributed by atoms with van der Waals surface area (Å²) >= 11 is 0. The van der Waals surface area contributed by atoms with E-state index < -0.39 is 0 Å². The number of aromatic nitrogens is 1. The molecule has 1 amide bonds. The summed E-state index contributed by atoms with van der Waals surface area (Å²) in [5.74, 6) is -0.00189. The highest BCUT2D eigenvalue weighted by molar-refractivity contribution is 5.98. The second kappa shape index (κ2) is 5.43. The fourth-order valence-electron chi connectivity index (χ4n) is 3.94. The molecule has 2 fully saturated rings. The molecule has 116 valence electrons. The fourth-order valence-corrected chi connectivity index (χ4v) is 3.94. The summed E-state index contributed by atoms with van der Waals surface area (Å²) in [4.78, 5) is 15.6. The van der Waals surface area contributed by atoms with Gasteiger partial charge in [0.2, 0.25) is 0 Å². The smallest absolute Gasteiger partial charge is 0.251 e. The van der Waals surface area contributed by atoms with Gasteiger partial charge >= 0.3 is 0 Å². The van der Waals surface area contributed by atoms with E-state index in [4.69, 9.17) is 4.74 Å². The summed E-state index contributed by atoms with van der Waals surface area (Å²) < 4.78 is 6.07. The van der Waals surface area contributed by atoms with Gasteiger partial charge in [0.05, 0.1) is 18.2 Å². The lowest BCUT2D eigenvalue weighted by atomic mass is 9.82. The van der Waals surface area contributed by atoms with Crippen LogP contribution in [-0.4, -0.2) is 29.1 Å². The van der Waals surface area contributed by atoms with E-state index in [1.165, 1.54) is 19.3 Å². The molecule has 1 aliphatic heterocycles. The number of benzene rings is 1. The van der Waals surface area contributed by atoms with Crippen LogP contribution in [0.15, 0.2) is 30.5 Å². The number of rotatable bonds is 2. The van der Waals surface area contributed by atoms with Crippen LogP contribution in [-0.2, 0) is 4.74 Å². The van der Waals surface area contributed by atoms with Crippen LogP contribution in [0, 0.1) is 0 Å². The minimum atomic E-state index is -0.00189. The minimum absolute atomic E-state index is 0.00189. The van der Waals surface area contributed by atoms with Crippen molar-refractivity contribution in [2.24, 2.45) is 0 Å². The molecule has 1 aromatic carbocycles. The summed E-state index contributed by atoms with van der Waals surface area (Å²) in [6.45, 7) is 0.649. The highest BCUT2D eigenvalue weighted by Crippen LogP contribution is 2.39. The van der Waals surface area contributed by atoms with Gasteiger partial charge in [-0.2, -0.15) is 0 Å². The highest BCUT2D eigenvalue weighted by atomic mass is 16.5. The lowest BCUT2D eigenvalue weighted by Gasteiger charge is -2.32. The SMILES string of the molecule is O=C(N[C@H]1COC2(CCCCC2)C1)c1ccc2cc[nH]c2c1. The molecule has 1 saturated carbocycles. The van der Waals surface area contributed by atoms with Crippen LogP contribution in [0.3, 0.4) is 0 Å². The maximum absolute atomic E-state index is 12.5. The third-order valence-electron chi connectivity index (χ3n) is 5.13. The van der Waals surface area contributed by atoms with Crippen molar-refractivity contribution >= 4 is 16.8 Å². The van der Waals surface area contributed by atoms with Crippen LogP contribution in [0.25, 0.3) is 10.9 Å². The molecule has 2 aromatic rings. The minimum Gasteiger partial charge on any atom is -0.373 e. The monoisotopic (exact) mass is 298 g/mol. The summed E-state index contributed by atoms with van der Waals surface area (Å²) in [5, 5.41) is 4.27. The Morgan fingerprint density at radius 3 is 2.95 bits per heavy atom. The molecule has 4 nitrogen and oxygen atoms in total. The van der Waals surface area contributed by atoms with E-state index in [1.807, 2.05) is 30.5 Å². The average molecular weight is 298 g/mol. The molecule has 4 heteroatoms. The molecular weight excluding hydrogens is 276 g/mol. The number of fused-ring (bicyclic) bond motifs is 1. The van der Waals surface area contributed by atoms with Crippen LogP contribution in [0.4, 0.5) is 0 Å². The van der Waals surface area contributed by atoms with Crippen molar-refractivity contribution in [3.8, 4) is 0 Å². The topological polar surface area (TPSA) is 54.1 Å². The van der Waals surface area contributed by atoms with Gasteiger partial charge in [0.15, 0.2) is 0 Å². The molecule has 22 heavy (non-hydrogen) atoms. The van der Waals surface area contributed by atoms with Gasteiger partial charge in [-0.1, -0.05) is 25.3 Å². The maximum atomic E-state index is 12.5. The Hall–Kier alpha value is -1.81. The Morgan fingerprint density at radius 2 is 2.09 bits per heavy atom. The van der Waals surface area contributed by atoms with Crippen molar-refractivity contribution in [3.63, 3.8) is 0 Å². The third kappa shape index (κ3) is 2.52. The number of carbonyl (C=O) groups excluding carboxylic acids is 1. The molecule has 1 aliphatic carbocycles. The average Bonchev–Trinajstić information content (AvgIpc) is 3.15. The van der Waals surface area contributed by atoms with Crippen molar-refractivity contribution in [2.45, 2.75) is 50.2 Å². The van der Waals surface area contributed by atoms with E-state index in [0.29, 0.717) is 12.2 Å². The summed E-state index contributed by atoms with van der Waals surface area (Å²) in [7, 11) is 0. The van der Waals surface area contributed by atoms with Gasteiger partial charge < -0.3 is 15.0 Å². The van der Waals surface area contributed by atoms with Crippen LogP contribution in [0.1, 0.15) is 48.9 Å². The predicted molar refractivity (Wildman–Crippen MR) is 85.9 cm³/mol. The molecule has 1 spiro atoms. The summed E-state index contributed by atoms with van der Waals surface area (Å²) in [6, 6.07) is 7.93. The Labute approximate surface area is 130 Å². The largest absolute Gasteiger partial charge is 0.373 e. The molecule has 2 heterocycles. The van der Waals surface area contributed by atoms with E-state index in [0.717, 1.165) is 30.2 Å². The molecule has 0 bridgehead atoms.